The average Bonchev–Trinajstić information content (AvgIpc) is 2.32. The van der Waals surface area contributed by atoms with E-state index in [-0.39, 0.29) is 36.9 Å². The van der Waals surface area contributed by atoms with Crippen molar-refractivity contribution in [2.45, 2.75) is 18.6 Å². The van der Waals surface area contributed by atoms with Crippen LogP contribution in [0.25, 0.3) is 0 Å². The molecule has 0 fully saturated rings. The average molecular weight is 225 g/mol. The van der Waals surface area contributed by atoms with Gasteiger partial charge in [0.2, 0.25) is 0 Å². The second-order valence-electron chi connectivity index (χ2n) is 3.87. The van der Waals surface area contributed by atoms with Crippen LogP contribution in [0.15, 0.2) is 12.1 Å². The van der Waals surface area contributed by atoms with Crippen LogP contribution >= 0.6 is 0 Å². The zero-order valence-corrected chi connectivity index (χ0v) is 8.76. The van der Waals surface area contributed by atoms with E-state index in [4.69, 9.17) is 15.6 Å². The minimum atomic E-state index is -0.381. The summed E-state index contributed by atoms with van der Waals surface area (Å²) in [5.74, 6) is -0.300. The molecule has 0 aliphatic carbocycles. The van der Waals surface area contributed by atoms with Crippen molar-refractivity contribution in [1.82, 2.24) is 0 Å². The van der Waals surface area contributed by atoms with Crippen LogP contribution in [-0.2, 0) is 11.2 Å². The lowest BCUT2D eigenvalue weighted by Crippen LogP contribution is -2.32. The van der Waals surface area contributed by atoms with Crippen LogP contribution in [0.4, 0.5) is 0 Å². The summed E-state index contributed by atoms with van der Waals surface area (Å²) in [6.45, 7) is 0.138. The highest BCUT2D eigenvalue weighted by molar-refractivity contribution is 5.50. The number of aromatic hydroxyl groups is 2. The normalized spacial score (nSPS) is 24.1. The highest BCUT2D eigenvalue weighted by Gasteiger charge is 2.29. The molecule has 1 aliphatic heterocycles. The monoisotopic (exact) mass is 225 g/mol. The first-order valence-electron chi connectivity index (χ1n) is 5.17. The quantitative estimate of drug-likeness (QED) is 0.533. The first kappa shape index (κ1) is 11.2. The highest BCUT2D eigenvalue weighted by Crippen LogP contribution is 2.39. The smallest absolute Gasteiger partial charge is 0.161 e. The molecule has 88 valence electrons. The van der Waals surface area contributed by atoms with E-state index in [1.54, 1.807) is 6.07 Å². The summed E-state index contributed by atoms with van der Waals surface area (Å²) < 4.78 is 5.54. The minimum absolute atomic E-state index is 0.134. The van der Waals surface area contributed by atoms with Crippen LogP contribution in [-0.4, -0.2) is 34.6 Å². The Balaban J connectivity index is 2.45. The van der Waals surface area contributed by atoms with Gasteiger partial charge >= 0.3 is 0 Å². The molecule has 0 bridgehead atoms. The Morgan fingerprint density at radius 2 is 2.12 bits per heavy atom. The number of phenols is 2. The Kier molecular flexibility index (Phi) is 3.00. The topological polar surface area (TPSA) is 95.9 Å². The van der Waals surface area contributed by atoms with Crippen molar-refractivity contribution < 1.29 is 20.1 Å². The molecule has 0 amide bonds. The summed E-state index contributed by atoms with van der Waals surface area (Å²) in [7, 11) is 0. The van der Waals surface area contributed by atoms with Gasteiger partial charge in [-0.2, -0.15) is 0 Å². The summed E-state index contributed by atoms with van der Waals surface area (Å²) in [4.78, 5) is 0. The number of aliphatic hydroxyl groups excluding tert-OH is 1. The second-order valence-corrected chi connectivity index (χ2v) is 3.87. The van der Waals surface area contributed by atoms with Gasteiger partial charge in [-0.25, -0.2) is 0 Å². The van der Waals surface area contributed by atoms with Gasteiger partial charge in [-0.15, -0.1) is 0 Å². The molecule has 5 N–H and O–H groups in total. The Hall–Kier alpha value is -1.30. The maximum absolute atomic E-state index is 9.74. The summed E-state index contributed by atoms with van der Waals surface area (Å²) in [5.41, 5.74) is 6.96. The molecule has 0 aromatic heterocycles. The van der Waals surface area contributed by atoms with Gasteiger partial charge in [-0.3, -0.25) is 0 Å². The van der Waals surface area contributed by atoms with E-state index in [0.29, 0.717) is 12.0 Å². The van der Waals surface area contributed by atoms with Gasteiger partial charge in [0.05, 0.1) is 18.8 Å². The van der Waals surface area contributed by atoms with Crippen molar-refractivity contribution in [2.75, 3.05) is 13.2 Å². The lowest BCUT2D eigenvalue weighted by atomic mass is 9.93. The van der Waals surface area contributed by atoms with Crippen molar-refractivity contribution >= 4 is 0 Å². The van der Waals surface area contributed by atoms with E-state index in [1.807, 2.05) is 0 Å². The van der Waals surface area contributed by atoms with Gasteiger partial charge in [-0.05, 0) is 11.6 Å². The zero-order valence-electron chi connectivity index (χ0n) is 8.76. The standard InChI is InChI=1S/C11H15NO4/c12-4-10-7-1-2-9(14)11(15)8(7)3-6(5-13)16-10/h1-2,6,10,13-15H,3-5,12H2/t6-,10-/m1/s1. The summed E-state index contributed by atoms with van der Waals surface area (Å²) >= 11 is 0. The maximum Gasteiger partial charge on any atom is 0.161 e. The van der Waals surface area contributed by atoms with E-state index < -0.39 is 0 Å². The van der Waals surface area contributed by atoms with Gasteiger partial charge in [0.1, 0.15) is 0 Å². The molecular formula is C11H15NO4. The molecule has 0 saturated heterocycles. The van der Waals surface area contributed by atoms with Crippen molar-refractivity contribution in [3.8, 4) is 11.5 Å². The number of hydrogen-bond acceptors (Lipinski definition) is 5. The molecule has 1 aromatic rings. The number of phenolic OH excluding ortho intramolecular Hbond substituents is 2. The molecule has 0 spiro atoms. The number of rotatable bonds is 2. The molecule has 2 rings (SSSR count). The molecule has 0 radical (unpaired) electrons. The van der Waals surface area contributed by atoms with Gasteiger partial charge < -0.3 is 25.8 Å². The SMILES string of the molecule is NC[C@H]1O[C@@H](CO)Cc2c1ccc(O)c2O. The molecule has 1 aliphatic rings. The number of fused-ring (bicyclic) bond motifs is 1. The van der Waals surface area contributed by atoms with Gasteiger partial charge in [0.15, 0.2) is 11.5 Å². The zero-order chi connectivity index (χ0) is 11.7. The van der Waals surface area contributed by atoms with Crippen LogP contribution < -0.4 is 5.73 Å². The number of aliphatic hydroxyl groups is 1. The third-order valence-electron chi connectivity index (χ3n) is 2.85. The van der Waals surface area contributed by atoms with Crippen LogP contribution in [0.3, 0.4) is 0 Å². The fourth-order valence-electron chi connectivity index (χ4n) is 2.03. The lowest BCUT2D eigenvalue weighted by molar-refractivity contribution is -0.0472. The third-order valence-corrected chi connectivity index (χ3v) is 2.85. The Labute approximate surface area is 93.1 Å². The predicted molar refractivity (Wildman–Crippen MR) is 57.2 cm³/mol. The predicted octanol–water partition coefficient (Wildman–Crippen LogP) is 0.0312. The van der Waals surface area contributed by atoms with Crippen molar-refractivity contribution in [1.29, 1.82) is 0 Å². The molecule has 5 heteroatoms. The van der Waals surface area contributed by atoms with E-state index in [0.717, 1.165) is 5.56 Å². The summed E-state index contributed by atoms with van der Waals surface area (Å²) in [5, 5.41) is 28.2. The number of benzene rings is 1. The molecular weight excluding hydrogens is 210 g/mol. The third kappa shape index (κ3) is 1.73. The van der Waals surface area contributed by atoms with Crippen LogP contribution in [0.1, 0.15) is 17.2 Å². The van der Waals surface area contributed by atoms with Crippen molar-refractivity contribution in [3.63, 3.8) is 0 Å². The molecule has 0 unspecified atom stereocenters. The molecule has 0 saturated carbocycles. The first-order valence-corrected chi connectivity index (χ1v) is 5.17. The van der Waals surface area contributed by atoms with Gasteiger partial charge in [-0.1, -0.05) is 6.07 Å². The summed E-state index contributed by atoms with van der Waals surface area (Å²) in [6, 6.07) is 3.11. The molecule has 16 heavy (non-hydrogen) atoms. The molecule has 5 nitrogen and oxygen atoms in total. The number of nitrogens with two attached hydrogens (primary N) is 1. The number of hydrogen-bond donors (Lipinski definition) is 4. The van der Waals surface area contributed by atoms with Crippen LogP contribution in [0, 0.1) is 0 Å². The Bertz CT molecular complexity index is 394. The lowest BCUT2D eigenvalue weighted by Gasteiger charge is -2.31. The summed E-state index contributed by atoms with van der Waals surface area (Å²) in [6.07, 6.45) is -0.344. The minimum Gasteiger partial charge on any atom is -0.504 e. The largest absolute Gasteiger partial charge is 0.504 e. The Morgan fingerprint density at radius 1 is 1.38 bits per heavy atom. The highest BCUT2D eigenvalue weighted by atomic mass is 16.5. The van der Waals surface area contributed by atoms with E-state index in [1.165, 1.54) is 6.07 Å². The molecule has 1 heterocycles. The van der Waals surface area contributed by atoms with Gasteiger partial charge in [0.25, 0.3) is 0 Å². The van der Waals surface area contributed by atoms with Gasteiger partial charge in [0, 0.05) is 18.5 Å². The fourth-order valence-corrected chi connectivity index (χ4v) is 2.03. The van der Waals surface area contributed by atoms with E-state index >= 15 is 0 Å². The van der Waals surface area contributed by atoms with E-state index in [9.17, 15) is 10.2 Å². The van der Waals surface area contributed by atoms with Crippen molar-refractivity contribution in [3.05, 3.63) is 23.3 Å². The molecule has 2 atom stereocenters. The van der Waals surface area contributed by atoms with E-state index in [2.05, 4.69) is 0 Å². The van der Waals surface area contributed by atoms with Crippen LogP contribution in [0.2, 0.25) is 0 Å². The maximum atomic E-state index is 9.74. The number of ether oxygens (including phenoxy) is 1. The molecule has 1 aromatic carbocycles. The van der Waals surface area contributed by atoms with Crippen molar-refractivity contribution in [2.24, 2.45) is 5.73 Å². The second kappa shape index (κ2) is 4.29. The van der Waals surface area contributed by atoms with Crippen LogP contribution in [0.5, 0.6) is 11.5 Å². The first-order chi connectivity index (χ1) is 7.67. The fraction of sp³-hybridized carbons (Fsp3) is 0.455. The Morgan fingerprint density at radius 3 is 2.75 bits per heavy atom.